The van der Waals surface area contributed by atoms with Crippen molar-refractivity contribution in [2.75, 3.05) is 0 Å². The van der Waals surface area contributed by atoms with Crippen LogP contribution >= 0.6 is 34.5 Å². The fourth-order valence-corrected chi connectivity index (χ4v) is 4.51. The Labute approximate surface area is 163 Å². The number of aromatic nitrogens is 3. The Balaban J connectivity index is 2.06. The van der Waals surface area contributed by atoms with Gasteiger partial charge in [-0.25, -0.2) is 0 Å². The van der Waals surface area contributed by atoms with Gasteiger partial charge in [0.1, 0.15) is 6.07 Å². The molecule has 126 valence electrons. The van der Waals surface area contributed by atoms with Gasteiger partial charge in [0.2, 0.25) is 0 Å². The van der Waals surface area contributed by atoms with Crippen LogP contribution in [0.3, 0.4) is 0 Å². The van der Waals surface area contributed by atoms with Crippen molar-refractivity contribution < 1.29 is 0 Å². The minimum absolute atomic E-state index is 0.494. The van der Waals surface area contributed by atoms with Crippen molar-refractivity contribution in [3.05, 3.63) is 70.6 Å². The highest BCUT2D eigenvalue weighted by molar-refractivity contribution is 7.19. The summed E-state index contributed by atoms with van der Waals surface area (Å²) in [6, 6.07) is 13.3. The van der Waals surface area contributed by atoms with Crippen molar-refractivity contribution >= 4 is 34.5 Å². The second kappa shape index (κ2) is 6.93. The predicted molar refractivity (Wildman–Crippen MR) is 105 cm³/mol. The molecule has 0 unspecified atom stereocenters. The van der Waals surface area contributed by atoms with Gasteiger partial charge in [-0.15, -0.1) is 11.3 Å². The third-order valence-electron chi connectivity index (χ3n) is 3.91. The lowest BCUT2D eigenvalue weighted by Gasteiger charge is -2.07. The number of halogens is 2. The van der Waals surface area contributed by atoms with Crippen LogP contribution in [0.25, 0.3) is 32.1 Å². The zero-order valence-electron chi connectivity index (χ0n) is 13.2. The zero-order chi connectivity index (χ0) is 18.1. The van der Waals surface area contributed by atoms with Crippen molar-refractivity contribution in [1.82, 2.24) is 15.2 Å². The fourth-order valence-electron chi connectivity index (χ4n) is 2.77. The third-order valence-corrected chi connectivity index (χ3v) is 5.73. The number of nitriles is 1. The molecule has 0 aliphatic heterocycles. The Morgan fingerprint density at radius 1 is 1.00 bits per heavy atom. The summed E-state index contributed by atoms with van der Waals surface area (Å²) in [5.41, 5.74) is 3.85. The number of nitrogens with one attached hydrogen (secondary N) is 1. The topological polar surface area (TPSA) is 65.4 Å². The molecule has 0 saturated carbocycles. The van der Waals surface area contributed by atoms with Gasteiger partial charge in [-0.3, -0.25) is 10.1 Å². The molecule has 1 N–H and O–H groups in total. The summed E-state index contributed by atoms with van der Waals surface area (Å²) in [5.74, 6) is 0. The van der Waals surface area contributed by atoms with Crippen LogP contribution in [0.1, 0.15) is 5.56 Å². The van der Waals surface area contributed by atoms with Crippen LogP contribution in [-0.2, 0) is 0 Å². The predicted octanol–water partition coefficient (Wildman–Crippen LogP) is 6.05. The number of rotatable bonds is 3. The molecular weight excluding hydrogens is 387 g/mol. The summed E-state index contributed by atoms with van der Waals surface area (Å²) in [4.78, 5) is 5.82. The highest BCUT2D eigenvalue weighted by atomic mass is 35.5. The summed E-state index contributed by atoms with van der Waals surface area (Å²) >= 11 is 14.0. The summed E-state index contributed by atoms with van der Waals surface area (Å²) in [6.45, 7) is 0. The van der Waals surface area contributed by atoms with Gasteiger partial charge >= 0.3 is 0 Å². The van der Waals surface area contributed by atoms with Crippen LogP contribution in [0.2, 0.25) is 10.0 Å². The van der Waals surface area contributed by atoms with E-state index in [9.17, 15) is 5.26 Å². The Bertz CT molecular complexity index is 1110. The van der Waals surface area contributed by atoms with Crippen molar-refractivity contribution in [2.24, 2.45) is 0 Å². The SMILES string of the molecule is N#Cc1c(-c2ccncc2)sc(-c2ccn[nH]2)c1-c1ccc(Cl)cc1Cl. The minimum atomic E-state index is 0.494. The van der Waals surface area contributed by atoms with E-state index in [1.807, 2.05) is 24.3 Å². The molecule has 4 nitrogen and oxygen atoms in total. The van der Waals surface area contributed by atoms with Crippen molar-refractivity contribution in [3.63, 3.8) is 0 Å². The van der Waals surface area contributed by atoms with Crippen LogP contribution < -0.4 is 0 Å². The number of aromatic amines is 1. The van der Waals surface area contributed by atoms with Crippen LogP contribution in [0, 0.1) is 11.3 Å². The lowest BCUT2D eigenvalue weighted by Crippen LogP contribution is -1.86. The lowest BCUT2D eigenvalue weighted by molar-refractivity contribution is 1.10. The first-order chi connectivity index (χ1) is 12.7. The highest BCUT2D eigenvalue weighted by Gasteiger charge is 2.24. The van der Waals surface area contributed by atoms with E-state index in [2.05, 4.69) is 21.3 Å². The number of H-pyrrole nitrogens is 1. The zero-order valence-corrected chi connectivity index (χ0v) is 15.5. The number of nitrogens with zero attached hydrogens (tertiary/aromatic N) is 3. The Kier molecular flexibility index (Phi) is 4.48. The minimum Gasteiger partial charge on any atom is -0.277 e. The molecule has 3 heterocycles. The Morgan fingerprint density at radius 3 is 2.46 bits per heavy atom. The van der Waals surface area contributed by atoms with Crippen LogP contribution in [-0.4, -0.2) is 15.2 Å². The molecule has 3 aromatic heterocycles. The molecule has 0 atom stereocenters. The molecule has 0 amide bonds. The largest absolute Gasteiger partial charge is 0.277 e. The second-order valence-corrected chi connectivity index (χ2v) is 7.32. The third kappa shape index (κ3) is 2.89. The molecule has 0 radical (unpaired) electrons. The molecule has 26 heavy (non-hydrogen) atoms. The standard InChI is InChI=1S/C19H10Cl2N4S/c20-12-1-2-13(15(21)9-12)17-14(10-22)18(11-3-6-23-7-4-11)26-19(17)16-5-8-24-25-16/h1-9H,(H,24,25). The van der Waals surface area contributed by atoms with Crippen LogP contribution in [0.15, 0.2) is 55.0 Å². The van der Waals surface area contributed by atoms with Crippen molar-refractivity contribution in [2.45, 2.75) is 0 Å². The van der Waals surface area contributed by atoms with E-state index in [0.29, 0.717) is 15.6 Å². The summed E-state index contributed by atoms with van der Waals surface area (Å²) in [7, 11) is 0. The molecule has 0 bridgehead atoms. The van der Waals surface area contributed by atoms with E-state index < -0.39 is 0 Å². The maximum atomic E-state index is 9.92. The van der Waals surface area contributed by atoms with E-state index in [1.165, 1.54) is 11.3 Å². The maximum Gasteiger partial charge on any atom is 0.101 e. The van der Waals surface area contributed by atoms with Gasteiger partial charge in [0.25, 0.3) is 0 Å². The van der Waals surface area contributed by atoms with Gasteiger partial charge < -0.3 is 0 Å². The van der Waals surface area contributed by atoms with E-state index >= 15 is 0 Å². The number of thiophene rings is 1. The molecule has 0 saturated heterocycles. The molecule has 0 fully saturated rings. The summed E-state index contributed by atoms with van der Waals surface area (Å²) in [5, 5.41) is 18.0. The Morgan fingerprint density at radius 2 is 1.81 bits per heavy atom. The number of hydrogen-bond donors (Lipinski definition) is 1. The van der Waals surface area contributed by atoms with Gasteiger partial charge in [0, 0.05) is 39.8 Å². The highest BCUT2D eigenvalue weighted by Crippen LogP contribution is 2.48. The molecule has 7 heteroatoms. The average Bonchev–Trinajstić information content (AvgIpc) is 3.30. The maximum absolute atomic E-state index is 9.92. The van der Waals surface area contributed by atoms with Gasteiger partial charge in [-0.2, -0.15) is 10.4 Å². The monoisotopic (exact) mass is 396 g/mol. The van der Waals surface area contributed by atoms with Crippen molar-refractivity contribution in [3.8, 4) is 38.2 Å². The second-order valence-electron chi connectivity index (χ2n) is 5.45. The summed E-state index contributed by atoms with van der Waals surface area (Å²) < 4.78 is 0. The molecule has 4 aromatic rings. The first-order valence-corrected chi connectivity index (χ1v) is 9.18. The van der Waals surface area contributed by atoms with Gasteiger partial charge in [0.15, 0.2) is 0 Å². The summed E-state index contributed by atoms with van der Waals surface area (Å²) in [6.07, 6.45) is 5.10. The smallest absolute Gasteiger partial charge is 0.101 e. The number of pyridine rings is 1. The number of benzene rings is 1. The lowest BCUT2D eigenvalue weighted by atomic mass is 9.98. The molecule has 4 rings (SSSR count). The molecule has 0 spiro atoms. The fraction of sp³-hybridized carbons (Fsp3) is 0. The Hall–Kier alpha value is -2.65. The van der Waals surface area contributed by atoms with Crippen LogP contribution in [0.4, 0.5) is 0 Å². The molecule has 1 aromatic carbocycles. The molecule has 0 aliphatic carbocycles. The van der Waals surface area contributed by atoms with Crippen LogP contribution in [0.5, 0.6) is 0 Å². The number of hydrogen-bond acceptors (Lipinski definition) is 4. The first kappa shape index (κ1) is 16.8. The van der Waals surface area contributed by atoms with Gasteiger partial charge in [-0.05, 0) is 35.9 Å². The van der Waals surface area contributed by atoms with Gasteiger partial charge in [0.05, 0.1) is 21.0 Å². The van der Waals surface area contributed by atoms with E-state index in [1.54, 1.807) is 30.7 Å². The average molecular weight is 397 g/mol. The normalized spacial score (nSPS) is 10.7. The quantitative estimate of drug-likeness (QED) is 0.458. The van der Waals surface area contributed by atoms with E-state index in [-0.39, 0.29) is 0 Å². The molecular formula is C19H10Cl2N4S. The van der Waals surface area contributed by atoms with Crippen molar-refractivity contribution in [1.29, 1.82) is 5.26 Å². The molecule has 0 aliphatic rings. The van der Waals surface area contributed by atoms with E-state index in [4.69, 9.17) is 23.2 Å². The van der Waals surface area contributed by atoms with Gasteiger partial charge in [-0.1, -0.05) is 29.3 Å². The first-order valence-electron chi connectivity index (χ1n) is 7.61. The van der Waals surface area contributed by atoms with E-state index in [0.717, 1.165) is 32.1 Å².